The van der Waals surface area contributed by atoms with Crippen molar-refractivity contribution < 1.29 is 14.7 Å². The van der Waals surface area contributed by atoms with E-state index >= 15 is 0 Å². The van der Waals surface area contributed by atoms with Crippen LogP contribution in [0.3, 0.4) is 0 Å². The van der Waals surface area contributed by atoms with Crippen LogP contribution in [-0.2, 0) is 4.79 Å². The van der Waals surface area contributed by atoms with Crippen molar-refractivity contribution in [3.05, 3.63) is 36.4 Å². The molecule has 5 heteroatoms. The number of carbonyl (C=O) groups excluding carboxylic acids is 2. The minimum Gasteiger partial charge on any atom is -0.507 e. The Labute approximate surface area is 143 Å². The predicted octanol–water partition coefficient (Wildman–Crippen LogP) is 3.56. The Balaban J connectivity index is 2.00. The first kappa shape index (κ1) is 18.0. The Morgan fingerprint density at radius 2 is 2.04 bits per heavy atom. The van der Waals surface area contributed by atoms with Gasteiger partial charge in [0.25, 0.3) is 5.91 Å². The Kier molecular flexibility index (Phi) is 6.41. The molecule has 5 nitrogen and oxygen atoms in total. The average molecular weight is 330 g/mol. The van der Waals surface area contributed by atoms with E-state index in [1.807, 2.05) is 0 Å². The van der Waals surface area contributed by atoms with Gasteiger partial charge in [0, 0.05) is 19.3 Å². The zero-order chi connectivity index (χ0) is 17.5. The molecule has 1 aliphatic rings. The number of hydrogen-bond donors (Lipinski definition) is 2. The van der Waals surface area contributed by atoms with E-state index in [-0.39, 0.29) is 23.1 Å². The number of anilines is 1. The molecule has 1 aromatic rings. The van der Waals surface area contributed by atoms with Gasteiger partial charge in [0.05, 0.1) is 5.56 Å². The molecule has 0 radical (unpaired) electrons. The largest absolute Gasteiger partial charge is 0.507 e. The Hall–Kier alpha value is -2.30. The Bertz CT molecular complexity index is 607. The second-order valence-electron chi connectivity index (χ2n) is 6.44. The van der Waals surface area contributed by atoms with E-state index in [4.69, 9.17) is 0 Å². The molecule has 0 aromatic heterocycles. The molecule has 2 rings (SSSR count). The van der Waals surface area contributed by atoms with Crippen molar-refractivity contribution in [2.45, 2.75) is 38.5 Å². The molecular formula is C19H26N2O3. The Morgan fingerprint density at radius 3 is 2.71 bits per heavy atom. The molecular weight excluding hydrogens is 304 g/mol. The smallest absolute Gasteiger partial charge is 0.257 e. The van der Waals surface area contributed by atoms with Gasteiger partial charge in [0.2, 0.25) is 5.91 Å². The third-order valence-corrected chi connectivity index (χ3v) is 4.62. The molecule has 0 bridgehead atoms. The number of rotatable bonds is 6. The molecule has 0 saturated heterocycles. The molecule has 0 aliphatic heterocycles. The highest BCUT2D eigenvalue weighted by atomic mass is 16.3. The lowest BCUT2D eigenvalue weighted by Crippen LogP contribution is -2.29. The van der Waals surface area contributed by atoms with Crippen molar-refractivity contribution >= 4 is 17.5 Å². The number of nitrogens with one attached hydrogen (secondary N) is 1. The predicted molar refractivity (Wildman–Crippen MR) is 95.1 cm³/mol. The zero-order valence-electron chi connectivity index (χ0n) is 14.3. The first-order chi connectivity index (χ1) is 11.5. The minimum absolute atomic E-state index is 0.0823. The molecule has 2 N–H and O–H groups in total. The number of phenols is 1. The highest BCUT2D eigenvalue weighted by Gasteiger charge is 2.19. The first-order valence-electron chi connectivity index (χ1n) is 8.53. The number of aromatic hydroxyl groups is 1. The van der Waals surface area contributed by atoms with Crippen LogP contribution < -0.4 is 5.32 Å². The van der Waals surface area contributed by atoms with E-state index in [1.165, 1.54) is 44.2 Å². The number of hydrogen-bond acceptors (Lipinski definition) is 3. The van der Waals surface area contributed by atoms with Gasteiger partial charge in [-0.25, -0.2) is 0 Å². The van der Waals surface area contributed by atoms with Crippen LogP contribution in [0.4, 0.5) is 5.69 Å². The fourth-order valence-electron chi connectivity index (χ4n) is 3.14. The standard InChI is InChI=1S/C19H26N2O3/c1-3-18(23)20-15-9-10-17(22)16(13-15)19(24)21(2)12-11-14-7-5-4-6-8-14/h3,9-10,13-14,22H,1,4-8,11-12H2,2H3,(H,20,23). The van der Waals surface area contributed by atoms with E-state index in [2.05, 4.69) is 11.9 Å². The number of benzene rings is 1. The molecule has 24 heavy (non-hydrogen) atoms. The fraction of sp³-hybridized carbons (Fsp3) is 0.474. The van der Waals surface area contributed by atoms with Gasteiger partial charge in [-0.2, -0.15) is 0 Å². The first-order valence-corrected chi connectivity index (χ1v) is 8.53. The molecule has 1 aromatic carbocycles. The SMILES string of the molecule is C=CC(=O)Nc1ccc(O)c(C(=O)N(C)CCC2CCCCC2)c1. The highest BCUT2D eigenvalue weighted by molar-refractivity contribution is 6.01. The van der Waals surface area contributed by atoms with E-state index in [9.17, 15) is 14.7 Å². The van der Waals surface area contributed by atoms with Crippen LogP contribution in [0, 0.1) is 5.92 Å². The summed E-state index contributed by atoms with van der Waals surface area (Å²) in [6.45, 7) is 4.06. The van der Waals surface area contributed by atoms with Gasteiger partial charge in [0.1, 0.15) is 5.75 Å². The molecule has 0 unspecified atom stereocenters. The van der Waals surface area contributed by atoms with E-state index in [0.29, 0.717) is 18.2 Å². The lowest BCUT2D eigenvalue weighted by molar-refractivity contribution is -0.111. The van der Waals surface area contributed by atoms with Crippen molar-refractivity contribution in [2.75, 3.05) is 18.9 Å². The number of phenolic OH excluding ortho intramolecular Hbond substituents is 1. The third kappa shape index (κ3) is 4.85. The second-order valence-corrected chi connectivity index (χ2v) is 6.44. The van der Waals surface area contributed by atoms with Crippen LogP contribution in [0.2, 0.25) is 0 Å². The molecule has 0 atom stereocenters. The molecule has 130 valence electrons. The maximum absolute atomic E-state index is 12.6. The summed E-state index contributed by atoms with van der Waals surface area (Å²) in [4.78, 5) is 25.6. The minimum atomic E-state index is -0.357. The highest BCUT2D eigenvalue weighted by Crippen LogP contribution is 2.27. The molecule has 0 spiro atoms. The molecule has 1 fully saturated rings. The normalized spacial score (nSPS) is 14.9. The van der Waals surface area contributed by atoms with Crippen molar-refractivity contribution in [1.29, 1.82) is 0 Å². The summed E-state index contributed by atoms with van der Waals surface area (Å²) in [5, 5.41) is 12.6. The second kappa shape index (κ2) is 8.52. The van der Waals surface area contributed by atoms with E-state index < -0.39 is 0 Å². The summed E-state index contributed by atoms with van der Waals surface area (Å²) in [5.74, 6) is 0.0182. The van der Waals surface area contributed by atoms with Crippen molar-refractivity contribution in [2.24, 2.45) is 5.92 Å². The van der Waals surface area contributed by atoms with Crippen molar-refractivity contribution in [3.63, 3.8) is 0 Å². The van der Waals surface area contributed by atoms with Crippen LogP contribution in [0.25, 0.3) is 0 Å². The lowest BCUT2D eigenvalue weighted by Gasteiger charge is -2.25. The fourth-order valence-corrected chi connectivity index (χ4v) is 3.14. The number of carbonyl (C=O) groups is 2. The topological polar surface area (TPSA) is 69.6 Å². The Morgan fingerprint density at radius 1 is 1.33 bits per heavy atom. The maximum Gasteiger partial charge on any atom is 0.257 e. The van der Waals surface area contributed by atoms with Gasteiger partial charge in [0.15, 0.2) is 0 Å². The van der Waals surface area contributed by atoms with Gasteiger partial charge < -0.3 is 15.3 Å². The molecule has 1 saturated carbocycles. The maximum atomic E-state index is 12.6. The average Bonchev–Trinajstić information content (AvgIpc) is 2.61. The molecule has 2 amide bonds. The summed E-state index contributed by atoms with van der Waals surface area (Å²) < 4.78 is 0. The van der Waals surface area contributed by atoms with Gasteiger partial charge in [-0.15, -0.1) is 0 Å². The quantitative estimate of drug-likeness (QED) is 0.619. The number of amides is 2. The van der Waals surface area contributed by atoms with Gasteiger partial charge >= 0.3 is 0 Å². The van der Waals surface area contributed by atoms with E-state index in [1.54, 1.807) is 18.0 Å². The van der Waals surface area contributed by atoms with Crippen LogP contribution >= 0.6 is 0 Å². The van der Waals surface area contributed by atoms with Crippen LogP contribution in [-0.4, -0.2) is 35.4 Å². The third-order valence-electron chi connectivity index (χ3n) is 4.62. The molecule has 0 heterocycles. The van der Waals surface area contributed by atoms with Gasteiger partial charge in [-0.1, -0.05) is 38.7 Å². The summed E-state index contributed by atoms with van der Waals surface area (Å²) in [6.07, 6.45) is 8.54. The van der Waals surface area contributed by atoms with Crippen LogP contribution in [0.15, 0.2) is 30.9 Å². The van der Waals surface area contributed by atoms with E-state index in [0.717, 1.165) is 12.5 Å². The molecule has 1 aliphatic carbocycles. The monoisotopic (exact) mass is 330 g/mol. The summed E-state index contributed by atoms with van der Waals surface area (Å²) in [6, 6.07) is 4.46. The van der Waals surface area contributed by atoms with Crippen molar-refractivity contribution in [3.8, 4) is 5.75 Å². The summed E-state index contributed by atoms with van der Waals surface area (Å²) in [7, 11) is 1.75. The van der Waals surface area contributed by atoms with Crippen molar-refractivity contribution in [1.82, 2.24) is 4.90 Å². The zero-order valence-corrected chi connectivity index (χ0v) is 14.3. The summed E-state index contributed by atoms with van der Waals surface area (Å²) >= 11 is 0. The van der Waals surface area contributed by atoms with Crippen LogP contribution in [0.1, 0.15) is 48.9 Å². The van der Waals surface area contributed by atoms with Gasteiger partial charge in [-0.3, -0.25) is 9.59 Å². The number of nitrogens with zero attached hydrogens (tertiary/aromatic N) is 1. The summed E-state index contributed by atoms with van der Waals surface area (Å²) in [5.41, 5.74) is 0.657. The van der Waals surface area contributed by atoms with Crippen LogP contribution in [0.5, 0.6) is 5.75 Å². The lowest BCUT2D eigenvalue weighted by atomic mass is 9.87. The van der Waals surface area contributed by atoms with Gasteiger partial charge in [-0.05, 0) is 36.6 Å².